The van der Waals surface area contributed by atoms with Crippen molar-refractivity contribution in [3.63, 3.8) is 0 Å². The summed E-state index contributed by atoms with van der Waals surface area (Å²) in [7, 11) is -7.26. The van der Waals surface area contributed by atoms with Crippen LogP contribution in [0, 0.1) is 11.8 Å². The zero-order valence-corrected chi connectivity index (χ0v) is 31.3. The highest BCUT2D eigenvalue weighted by atomic mass is 31.2. The summed E-state index contributed by atoms with van der Waals surface area (Å²) >= 11 is 0. The van der Waals surface area contributed by atoms with Crippen LogP contribution in [0.1, 0.15) is 65.9 Å². The Kier molecular flexibility index (Phi) is 19.7. The second-order valence-electron chi connectivity index (χ2n) is 11.2. The number of carbonyl (C=O) groups is 3. The highest BCUT2D eigenvalue weighted by molar-refractivity contribution is 7.48. The Balaban J connectivity index is 2.12. The van der Waals surface area contributed by atoms with Crippen molar-refractivity contribution >= 4 is 33.2 Å². The Bertz CT molecular complexity index is 1250. The van der Waals surface area contributed by atoms with Crippen LogP contribution in [0.5, 0.6) is 0 Å². The molecule has 0 spiro atoms. The van der Waals surface area contributed by atoms with E-state index in [4.69, 9.17) is 27.1 Å². The average molecular weight is 732 g/mol. The molecule has 2 N–H and O–H groups in total. The number of unbranched alkanes of at least 4 members (excludes halogenated alkanes) is 2. The second kappa shape index (κ2) is 22.5. The summed E-state index contributed by atoms with van der Waals surface area (Å²) in [5, 5.41) is 5.83. The molecule has 4 atom stereocenters. The molecule has 0 bridgehead atoms. The summed E-state index contributed by atoms with van der Waals surface area (Å²) in [4.78, 5) is 42.7. The molecule has 0 aliphatic carbocycles. The summed E-state index contributed by atoms with van der Waals surface area (Å²) in [6.45, 7) is 13.9. The van der Waals surface area contributed by atoms with Gasteiger partial charge in [-0.15, -0.1) is 6.58 Å². The molecule has 2 amide bonds. The molecule has 1 aliphatic heterocycles. The number of likely N-dealkylation sites (tertiary alicyclic amines) is 1. The minimum Gasteiger partial charge on any atom is -0.356 e. The fraction of sp³-hybridized carbons (Fsp3) is 0.667. The van der Waals surface area contributed by atoms with E-state index in [2.05, 4.69) is 17.2 Å². The quantitative estimate of drug-likeness (QED) is 0.0705. The highest BCUT2D eigenvalue weighted by Crippen LogP contribution is 2.50. The molecule has 1 aliphatic rings. The Morgan fingerprint density at radius 3 is 1.59 bits per heavy atom. The number of nitrogens with one attached hydrogen (secondary N) is 2. The second-order valence-corrected chi connectivity index (χ2v) is 14.6. The topological polar surface area (TPSA) is 168 Å². The normalized spacial score (nSPS) is 19.9. The molecular weight excluding hydrogens is 676 g/mol. The van der Waals surface area contributed by atoms with Crippen LogP contribution in [0.25, 0.3) is 0 Å². The van der Waals surface area contributed by atoms with Crippen molar-refractivity contribution in [2.24, 2.45) is 11.8 Å². The van der Waals surface area contributed by atoms with E-state index in [1.165, 1.54) is 6.92 Å². The van der Waals surface area contributed by atoms with Gasteiger partial charge < -0.3 is 10.6 Å². The number of nitrogens with zero attached hydrogens (tertiary/aromatic N) is 1. The molecule has 2 rings (SSSR count). The van der Waals surface area contributed by atoms with Crippen molar-refractivity contribution < 1.29 is 50.7 Å². The van der Waals surface area contributed by atoms with Gasteiger partial charge in [0.2, 0.25) is 11.8 Å². The number of ketones is 1. The maximum atomic E-state index is 13.8. The monoisotopic (exact) mass is 731 g/mol. The molecule has 278 valence electrons. The van der Waals surface area contributed by atoms with Gasteiger partial charge in [-0.3, -0.25) is 46.4 Å². The number of carbonyl (C=O) groups excluding carboxylic acids is 3. The van der Waals surface area contributed by atoms with E-state index in [0.29, 0.717) is 32.2 Å². The van der Waals surface area contributed by atoms with Gasteiger partial charge in [0.05, 0.1) is 57.5 Å². The first kappa shape index (κ1) is 42.9. The largest absolute Gasteiger partial charge is 0.474 e. The summed E-state index contributed by atoms with van der Waals surface area (Å²) in [6.07, 6.45) is 3.53. The minimum absolute atomic E-state index is 0.0981. The number of Topliss-reactive ketones (excluding diaryl/α,β-unsaturated/α-hetero) is 1. The molecule has 0 radical (unpaired) electrons. The summed E-state index contributed by atoms with van der Waals surface area (Å²) in [5.74, 6) is -2.91. The van der Waals surface area contributed by atoms with Gasteiger partial charge in [-0.2, -0.15) is 0 Å². The van der Waals surface area contributed by atoms with Crippen LogP contribution < -0.4 is 10.6 Å². The van der Waals surface area contributed by atoms with Gasteiger partial charge in [0.25, 0.3) is 0 Å². The predicted octanol–water partition coefficient (Wildman–Crippen LogP) is 5.44. The molecule has 1 heterocycles. The lowest BCUT2D eigenvalue weighted by molar-refractivity contribution is -0.136. The molecular formula is C33H55N3O11P2. The first-order valence-electron chi connectivity index (χ1n) is 17.0. The van der Waals surface area contributed by atoms with Crippen LogP contribution in [0.3, 0.4) is 0 Å². The van der Waals surface area contributed by atoms with Crippen LogP contribution in [0.2, 0.25) is 0 Å². The Morgan fingerprint density at radius 1 is 0.735 bits per heavy atom. The number of benzene rings is 1. The highest BCUT2D eigenvalue weighted by Gasteiger charge is 2.55. The van der Waals surface area contributed by atoms with Crippen molar-refractivity contribution in [3.8, 4) is 0 Å². The van der Waals surface area contributed by atoms with E-state index in [9.17, 15) is 23.5 Å². The SMILES string of the molecule is C=C[C@@H]1C(C(=O)NCCCCOP(=O)(OCC)OCC)C(C(=O)NCCCCOP(=O)(OCC)OCC)[C@H](C(C)=O)N1Cc1ccccc1. The van der Waals surface area contributed by atoms with Gasteiger partial charge in [0.1, 0.15) is 5.78 Å². The molecule has 1 fully saturated rings. The number of amides is 2. The standard InChI is InChI=1S/C33H55N3O11P2/c1-7-28-29(32(38)34-21-15-17-23-46-48(40,42-8-2)43-9-3)30(31(26(6)37)36(28)25-27-19-13-12-14-20-27)33(39)35-22-16-18-24-47-49(41,44-10-4)45-11-5/h7,12-14,19-20,28-31H,1,8-11,15-18,21-25H2,2-6H3,(H,34,38)(H,35,39)/t28-,29?,30?,31+/m1/s1. The van der Waals surface area contributed by atoms with E-state index in [1.807, 2.05) is 35.2 Å². The van der Waals surface area contributed by atoms with Gasteiger partial charge in [-0.25, -0.2) is 9.13 Å². The first-order chi connectivity index (χ1) is 23.5. The Hall–Kier alpha value is -2.25. The molecule has 1 aromatic carbocycles. The molecule has 49 heavy (non-hydrogen) atoms. The molecule has 1 saturated heterocycles. The van der Waals surface area contributed by atoms with Crippen molar-refractivity contribution in [2.75, 3.05) is 52.7 Å². The van der Waals surface area contributed by atoms with Gasteiger partial charge in [0, 0.05) is 25.7 Å². The first-order valence-corrected chi connectivity index (χ1v) is 20.0. The molecule has 16 heteroatoms. The number of rotatable bonds is 26. The zero-order valence-electron chi connectivity index (χ0n) is 29.5. The summed E-state index contributed by atoms with van der Waals surface area (Å²) < 4.78 is 56.3. The fourth-order valence-electron chi connectivity index (χ4n) is 5.72. The van der Waals surface area contributed by atoms with Gasteiger partial charge >= 0.3 is 15.6 Å². The van der Waals surface area contributed by atoms with Crippen LogP contribution >= 0.6 is 15.6 Å². The molecule has 0 saturated carbocycles. The summed E-state index contributed by atoms with van der Waals surface area (Å²) in [6, 6.07) is 8.06. The lowest BCUT2D eigenvalue weighted by Crippen LogP contribution is -2.47. The van der Waals surface area contributed by atoms with Crippen LogP contribution in [0.15, 0.2) is 43.0 Å². The lowest BCUT2D eigenvalue weighted by Gasteiger charge is -2.28. The van der Waals surface area contributed by atoms with Crippen LogP contribution in [-0.4, -0.2) is 87.3 Å². The number of phosphoric acid groups is 2. The maximum Gasteiger partial charge on any atom is 0.474 e. The maximum absolute atomic E-state index is 13.8. The third kappa shape index (κ3) is 13.8. The van der Waals surface area contributed by atoms with E-state index < -0.39 is 45.5 Å². The third-order valence-corrected chi connectivity index (χ3v) is 11.0. The number of phosphoric ester groups is 2. The van der Waals surface area contributed by atoms with E-state index in [1.54, 1.807) is 33.8 Å². The molecule has 2 unspecified atom stereocenters. The minimum atomic E-state index is -3.63. The van der Waals surface area contributed by atoms with Crippen molar-refractivity contribution in [2.45, 2.75) is 78.9 Å². The predicted molar refractivity (Wildman–Crippen MR) is 186 cm³/mol. The zero-order chi connectivity index (χ0) is 36.3. The van der Waals surface area contributed by atoms with Crippen molar-refractivity contribution in [1.82, 2.24) is 15.5 Å². The van der Waals surface area contributed by atoms with Crippen molar-refractivity contribution in [3.05, 3.63) is 48.6 Å². The Labute approximate surface area is 291 Å². The smallest absolute Gasteiger partial charge is 0.356 e. The fourth-order valence-corrected chi connectivity index (χ4v) is 8.14. The van der Waals surface area contributed by atoms with Gasteiger partial charge in [-0.1, -0.05) is 36.4 Å². The van der Waals surface area contributed by atoms with Crippen molar-refractivity contribution in [1.29, 1.82) is 0 Å². The molecule has 14 nitrogen and oxygen atoms in total. The van der Waals surface area contributed by atoms with Gasteiger partial charge in [0.15, 0.2) is 0 Å². The van der Waals surface area contributed by atoms with E-state index >= 15 is 0 Å². The van der Waals surface area contributed by atoms with Gasteiger partial charge in [-0.05, 0) is 65.9 Å². The molecule has 1 aromatic rings. The third-order valence-electron chi connectivity index (χ3n) is 7.70. The average Bonchev–Trinajstić information content (AvgIpc) is 3.39. The van der Waals surface area contributed by atoms with Crippen LogP contribution in [-0.2, 0) is 57.2 Å². The molecule has 0 aromatic heterocycles. The number of hydrogen-bond acceptors (Lipinski definition) is 12. The Morgan fingerprint density at radius 2 is 1.18 bits per heavy atom. The summed E-state index contributed by atoms with van der Waals surface area (Å²) in [5.41, 5.74) is 0.925. The number of hydrogen-bond donors (Lipinski definition) is 2. The lowest BCUT2D eigenvalue weighted by atomic mass is 9.84. The van der Waals surface area contributed by atoms with E-state index in [-0.39, 0.29) is 64.4 Å². The van der Waals surface area contributed by atoms with Crippen LogP contribution in [0.4, 0.5) is 0 Å². The van der Waals surface area contributed by atoms with E-state index in [0.717, 1.165) is 5.56 Å².